The first-order chi connectivity index (χ1) is 4.52. The van der Waals surface area contributed by atoms with Gasteiger partial charge in [-0.1, -0.05) is 6.58 Å². The predicted octanol–water partition coefficient (Wildman–Crippen LogP) is 1.07. The molecule has 1 unspecified atom stereocenters. The Hall–Kier alpha value is -0.710. The molecule has 1 atom stereocenters. The molecule has 0 amide bonds. The van der Waals surface area contributed by atoms with Gasteiger partial charge in [-0.3, -0.25) is 0 Å². The van der Waals surface area contributed by atoms with E-state index in [1.165, 1.54) is 0 Å². The van der Waals surface area contributed by atoms with Gasteiger partial charge in [0.25, 0.3) is 0 Å². The van der Waals surface area contributed by atoms with Gasteiger partial charge in [0.15, 0.2) is 0 Å². The quantitative estimate of drug-likeness (QED) is 0.619. The molecule has 0 aromatic heterocycles. The molecular weight excluding hydrogens is 149 g/mol. The van der Waals surface area contributed by atoms with E-state index in [1.54, 1.807) is 0 Å². The minimum absolute atomic E-state index is 0.647. The van der Waals surface area contributed by atoms with Crippen LogP contribution in [0.25, 0.3) is 0 Å². The molecule has 0 aromatic rings. The summed E-state index contributed by atoms with van der Waals surface area (Å²) < 4.78 is 38.7. The Kier molecular flexibility index (Phi) is 3.21. The summed E-state index contributed by atoms with van der Waals surface area (Å²) >= 11 is 0. The zero-order chi connectivity index (χ0) is 8.20. The van der Waals surface area contributed by atoms with Crippen molar-refractivity contribution in [1.82, 2.24) is 0 Å². The maximum Gasteiger partial charge on any atom is 0.427 e. The fourth-order valence-corrected chi connectivity index (χ4v) is 0.340. The summed E-state index contributed by atoms with van der Waals surface area (Å²) in [6, 6.07) is 0. The normalized spacial score (nSPS) is 14.4. The van der Waals surface area contributed by atoms with E-state index in [0.29, 0.717) is 6.26 Å². The lowest BCUT2D eigenvalue weighted by Gasteiger charge is -2.16. The van der Waals surface area contributed by atoms with Crippen molar-refractivity contribution in [3.63, 3.8) is 0 Å². The van der Waals surface area contributed by atoms with Crippen LogP contribution in [0.15, 0.2) is 12.8 Å². The number of ether oxygens (including phenoxy) is 1. The second-order valence-corrected chi connectivity index (χ2v) is 1.52. The van der Waals surface area contributed by atoms with Gasteiger partial charge in [-0.25, -0.2) is 0 Å². The molecule has 0 saturated carbocycles. The first kappa shape index (κ1) is 9.29. The van der Waals surface area contributed by atoms with Gasteiger partial charge in [0.05, 0.1) is 12.9 Å². The van der Waals surface area contributed by atoms with Crippen LogP contribution < -0.4 is 0 Å². The molecule has 2 nitrogen and oxygen atoms in total. The molecule has 0 aliphatic heterocycles. The Morgan fingerprint density at radius 1 is 1.60 bits per heavy atom. The lowest BCUT2D eigenvalue weighted by Crippen LogP contribution is -2.33. The Morgan fingerprint density at radius 2 is 2.10 bits per heavy atom. The number of halogens is 3. The van der Waals surface area contributed by atoms with Crippen molar-refractivity contribution in [2.24, 2.45) is 0 Å². The Balaban J connectivity index is 3.92. The number of aliphatic hydroxyl groups is 1. The predicted molar refractivity (Wildman–Crippen MR) is 28.2 cm³/mol. The van der Waals surface area contributed by atoms with Crippen LogP contribution in [0.1, 0.15) is 0 Å². The van der Waals surface area contributed by atoms with Crippen molar-refractivity contribution >= 4 is 0 Å². The van der Waals surface area contributed by atoms with Crippen molar-refractivity contribution in [2.75, 3.05) is 6.61 Å². The molecule has 0 aliphatic rings. The summed E-state index contributed by atoms with van der Waals surface area (Å²) in [7, 11) is 0. The topological polar surface area (TPSA) is 29.5 Å². The average molecular weight is 156 g/mol. The number of alkyl halides is 3. The van der Waals surface area contributed by atoms with Crippen LogP contribution >= 0.6 is 0 Å². The third kappa shape index (κ3) is 2.72. The van der Waals surface area contributed by atoms with Crippen LogP contribution in [0, 0.1) is 0 Å². The fraction of sp³-hybridized carbons (Fsp3) is 0.600. The first-order valence-corrected chi connectivity index (χ1v) is 2.46. The molecule has 0 spiro atoms. The van der Waals surface area contributed by atoms with Crippen molar-refractivity contribution in [1.29, 1.82) is 0 Å². The van der Waals surface area contributed by atoms with Crippen LogP contribution in [-0.2, 0) is 4.74 Å². The number of hydrogen-bond donors (Lipinski definition) is 1. The fourth-order valence-electron chi connectivity index (χ4n) is 0.340. The van der Waals surface area contributed by atoms with Crippen molar-refractivity contribution < 1.29 is 23.0 Å². The molecule has 5 heteroatoms. The van der Waals surface area contributed by atoms with Gasteiger partial charge >= 0.3 is 6.18 Å². The second kappa shape index (κ2) is 3.46. The molecule has 10 heavy (non-hydrogen) atoms. The lowest BCUT2D eigenvalue weighted by molar-refractivity contribution is -0.214. The highest BCUT2D eigenvalue weighted by Gasteiger charge is 2.40. The Labute approximate surface area is 55.9 Å². The van der Waals surface area contributed by atoms with Gasteiger partial charge in [-0.15, -0.1) is 0 Å². The molecular formula is C5H7F3O2. The van der Waals surface area contributed by atoms with Crippen molar-refractivity contribution in [2.45, 2.75) is 12.3 Å². The molecule has 0 aliphatic carbocycles. The van der Waals surface area contributed by atoms with E-state index in [2.05, 4.69) is 11.3 Å². The average Bonchev–Trinajstić information content (AvgIpc) is 1.80. The smallest absolute Gasteiger partial charge is 0.427 e. The molecule has 0 fully saturated rings. The monoisotopic (exact) mass is 156 g/mol. The van der Waals surface area contributed by atoms with E-state index in [4.69, 9.17) is 5.11 Å². The third-order valence-electron chi connectivity index (χ3n) is 0.791. The molecule has 0 aromatic carbocycles. The van der Waals surface area contributed by atoms with Gasteiger partial charge in [0.1, 0.15) is 0 Å². The van der Waals surface area contributed by atoms with Gasteiger partial charge in [-0.2, -0.15) is 13.2 Å². The minimum Gasteiger partial charge on any atom is -0.487 e. The van der Waals surface area contributed by atoms with Gasteiger partial charge in [0, 0.05) is 0 Å². The van der Waals surface area contributed by atoms with Crippen LogP contribution in [0.5, 0.6) is 0 Å². The van der Waals surface area contributed by atoms with E-state index in [9.17, 15) is 13.2 Å². The molecule has 0 radical (unpaired) electrons. The van der Waals surface area contributed by atoms with E-state index >= 15 is 0 Å². The summed E-state index contributed by atoms with van der Waals surface area (Å²) in [5.41, 5.74) is 0. The highest BCUT2D eigenvalue weighted by atomic mass is 19.4. The Bertz CT molecular complexity index is 110. The van der Waals surface area contributed by atoms with E-state index in [0.717, 1.165) is 0 Å². The van der Waals surface area contributed by atoms with Crippen LogP contribution in [0.4, 0.5) is 13.2 Å². The summed E-state index contributed by atoms with van der Waals surface area (Å²) in [4.78, 5) is 0. The molecule has 0 saturated heterocycles. The summed E-state index contributed by atoms with van der Waals surface area (Å²) in [5.74, 6) is 0. The maximum atomic E-state index is 11.6. The zero-order valence-electron chi connectivity index (χ0n) is 5.06. The summed E-state index contributed by atoms with van der Waals surface area (Å²) in [6.07, 6.45) is -6.03. The SMILES string of the molecule is C=COC(CO)C(F)(F)F. The van der Waals surface area contributed by atoms with E-state index in [-0.39, 0.29) is 0 Å². The van der Waals surface area contributed by atoms with Crippen molar-refractivity contribution in [3.05, 3.63) is 12.8 Å². The number of aliphatic hydroxyl groups excluding tert-OH is 1. The van der Waals surface area contributed by atoms with Gasteiger partial charge < -0.3 is 9.84 Å². The molecule has 0 bridgehead atoms. The second-order valence-electron chi connectivity index (χ2n) is 1.52. The van der Waals surface area contributed by atoms with Gasteiger partial charge in [-0.05, 0) is 0 Å². The van der Waals surface area contributed by atoms with E-state index in [1.807, 2.05) is 0 Å². The third-order valence-corrected chi connectivity index (χ3v) is 0.791. The molecule has 0 heterocycles. The molecule has 0 rings (SSSR count). The Morgan fingerprint density at radius 3 is 2.20 bits per heavy atom. The van der Waals surface area contributed by atoms with E-state index < -0.39 is 18.9 Å². The summed E-state index contributed by atoms with van der Waals surface area (Å²) in [5, 5.41) is 8.10. The van der Waals surface area contributed by atoms with Crippen molar-refractivity contribution in [3.8, 4) is 0 Å². The summed E-state index contributed by atoms with van der Waals surface area (Å²) in [6.45, 7) is 1.84. The maximum absolute atomic E-state index is 11.6. The van der Waals surface area contributed by atoms with Gasteiger partial charge in [0.2, 0.25) is 6.10 Å². The highest BCUT2D eigenvalue weighted by Crippen LogP contribution is 2.22. The molecule has 60 valence electrons. The standard InChI is InChI=1S/C5H7F3O2/c1-2-10-4(3-9)5(6,7)8/h2,4,9H,1,3H2. The number of rotatable bonds is 3. The van der Waals surface area contributed by atoms with Crippen LogP contribution in [-0.4, -0.2) is 24.0 Å². The zero-order valence-corrected chi connectivity index (χ0v) is 5.06. The highest BCUT2D eigenvalue weighted by molar-refractivity contribution is 4.68. The van der Waals surface area contributed by atoms with Crippen LogP contribution in [0.3, 0.4) is 0 Å². The molecule has 1 N–H and O–H groups in total. The van der Waals surface area contributed by atoms with Crippen LogP contribution in [0.2, 0.25) is 0 Å². The lowest BCUT2D eigenvalue weighted by atomic mass is 10.4. The first-order valence-electron chi connectivity index (χ1n) is 2.46. The number of hydrogen-bond acceptors (Lipinski definition) is 2. The minimum atomic E-state index is -4.52. The largest absolute Gasteiger partial charge is 0.487 e.